The molecule has 3 aromatic rings. The number of amides is 3. The third-order valence-corrected chi connectivity index (χ3v) is 7.21. The largest absolute Gasteiger partial charge is 0.494 e. The van der Waals surface area contributed by atoms with Gasteiger partial charge < -0.3 is 19.1 Å². The highest BCUT2D eigenvalue weighted by Crippen LogP contribution is 2.41. The van der Waals surface area contributed by atoms with Crippen molar-refractivity contribution in [2.75, 3.05) is 32.7 Å². The van der Waals surface area contributed by atoms with Gasteiger partial charge in [0.1, 0.15) is 29.4 Å². The van der Waals surface area contributed by atoms with Crippen LogP contribution in [0.2, 0.25) is 0 Å². The maximum Gasteiger partial charge on any atom is 0.331 e. The summed E-state index contributed by atoms with van der Waals surface area (Å²) in [6, 6.07) is 11.9. The van der Waals surface area contributed by atoms with Crippen molar-refractivity contribution in [2.45, 2.75) is 45.6 Å². The quantitative estimate of drug-likeness (QED) is 0.430. The van der Waals surface area contributed by atoms with Gasteiger partial charge in [-0.15, -0.1) is 0 Å². The molecule has 4 rings (SSSR count). The fourth-order valence-corrected chi connectivity index (χ4v) is 5.32. The second-order valence-corrected chi connectivity index (χ2v) is 9.85. The topological polar surface area (TPSA) is 101 Å². The smallest absolute Gasteiger partial charge is 0.331 e. The number of benzene rings is 2. The van der Waals surface area contributed by atoms with E-state index >= 15 is 0 Å². The van der Waals surface area contributed by atoms with E-state index in [1.165, 1.54) is 18.0 Å². The minimum Gasteiger partial charge on any atom is -0.494 e. The lowest BCUT2D eigenvalue weighted by atomic mass is 9.89. The fraction of sp³-hybridized carbons (Fsp3) is 0.414. The molecule has 1 aliphatic rings. The van der Waals surface area contributed by atoms with Crippen molar-refractivity contribution in [2.24, 2.45) is 5.92 Å². The maximum absolute atomic E-state index is 14.1. The number of aliphatic carboxylic acids is 1. The fourth-order valence-electron chi connectivity index (χ4n) is 5.32. The number of carboxylic acid groups (broad SMARTS) is 1. The summed E-state index contributed by atoms with van der Waals surface area (Å²) in [7, 11) is 4.51. The van der Waals surface area contributed by atoms with Gasteiger partial charge in [-0.1, -0.05) is 37.5 Å². The Bertz CT molecular complexity index is 1320. The first-order chi connectivity index (χ1) is 18.2. The molecule has 9 heteroatoms. The predicted octanol–water partition coefficient (Wildman–Crippen LogP) is 5.33. The number of ether oxygens (including phenoxy) is 2. The molecular formula is C29H35N3O6. The Kier molecular flexibility index (Phi) is 8.24. The number of hydrogen-bond donors (Lipinski definition) is 1. The average Bonchev–Trinajstić information content (AvgIpc) is 3.28. The number of para-hydroxylation sites is 1. The van der Waals surface area contributed by atoms with Gasteiger partial charge in [0, 0.05) is 24.5 Å². The highest BCUT2D eigenvalue weighted by Gasteiger charge is 2.33. The van der Waals surface area contributed by atoms with E-state index in [9.17, 15) is 19.5 Å². The van der Waals surface area contributed by atoms with Crippen LogP contribution in [0.3, 0.4) is 0 Å². The number of hydrogen-bond acceptors (Lipinski definition) is 5. The number of rotatable bonds is 8. The molecule has 1 saturated carbocycles. The van der Waals surface area contributed by atoms with Gasteiger partial charge in [-0.05, 0) is 55.5 Å². The molecule has 1 aliphatic carbocycles. The molecule has 2 aromatic carbocycles. The van der Waals surface area contributed by atoms with E-state index in [0.29, 0.717) is 29.2 Å². The van der Waals surface area contributed by atoms with Gasteiger partial charge in [-0.2, -0.15) is 0 Å². The predicted molar refractivity (Wildman–Crippen MR) is 145 cm³/mol. The molecule has 0 unspecified atom stereocenters. The monoisotopic (exact) mass is 521 g/mol. The van der Waals surface area contributed by atoms with Crippen LogP contribution in [0.25, 0.3) is 10.9 Å². The molecule has 1 aromatic heterocycles. The van der Waals surface area contributed by atoms with Crippen LogP contribution < -0.4 is 14.4 Å². The minimum absolute atomic E-state index is 0.130. The number of nitrogens with zero attached hydrogens (tertiary/aromatic N) is 3. The van der Waals surface area contributed by atoms with Crippen molar-refractivity contribution in [3.63, 3.8) is 0 Å². The second kappa shape index (κ2) is 11.6. The SMILES string of the molecule is COc1cc(C)cc(OC)c1N(CC1CCCCC1)C(=O)N(C)C(=O)c1cc2ccccc2n1CC(=O)O. The Morgan fingerprint density at radius 1 is 1.00 bits per heavy atom. The van der Waals surface area contributed by atoms with Crippen LogP contribution in [-0.2, 0) is 11.3 Å². The first-order valence-electron chi connectivity index (χ1n) is 12.9. The molecular weight excluding hydrogens is 486 g/mol. The number of carboxylic acids is 1. The number of urea groups is 1. The lowest BCUT2D eigenvalue weighted by molar-refractivity contribution is -0.137. The molecule has 0 radical (unpaired) electrons. The molecule has 0 aliphatic heterocycles. The van der Waals surface area contributed by atoms with Crippen LogP contribution in [-0.4, -0.2) is 60.3 Å². The number of anilines is 1. The summed E-state index contributed by atoms with van der Waals surface area (Å²) in [6.45, 7) is 1.92. The normalized spacial score (nSPS) is 13.8. The summed E-state index contributed by atoms with van der Waals surface area (Å²) < 4.78 is 12.8. The Labute approximate surface area is 222 Å². The van der Waals surface area contributed by atoms with Crippen LogP contribution in [0, 0.1) is 12.8 Å². The Hall–Kier alpha value is -4.01. The van der Waals surface area contributed by atoms with Crippen molar-refractivity contribution in [1.82, 2.24) is 9.47 Å². The third kappa shape index (κ3) is 5.46. The second-order valence-electron chi connectivity index (χ2n) is 9.85. The molecule has 9 nitrogen and oxygen atoms in total. The van der Waals surface area contributed by atoms with Gasteiger partial charge in [0.2, 0.25) is 0 Å². The first-order valence-corrected chi connectivity index (χ1v) is 12.9. The van der Waals surface area contributed by atoms with Crippen molar-refractivity contribution in [1.29, 1.82) is 0 Å². The Morgan fingerprint density at radius 2 is 1.63 bits per heavy atom. The molecule has 3 amide bonds. The van der Waals surface area contributed by atoms with E-state index < -0.39 is 24.5 Å². The zero-order chi connectivity index (χ0) is 27.4. The lowest BCUT2D eigenvalue weighted by Gasteiger charge is -2.33. The van der Waals surface area contributed by atoms with Crippen LogP contribution in [0.4, 0.5) is 10.5 Å². The highest BCUT2D eigenvalue weighted by atomic mass is 16.5. The zero-order valence-electron chi connectivity index (χ0n) is 22.4. The van der Waals surface area contributed by atoms with E-state index in [0.717, 1.165) is 41.5 Å². The van der Waals surface area contributed by atoms with Gasteiger partial charge in [0.25, 0.3) is 5.91 Å². The molecule has 202 valence electrons. The van der Waals surface area contributed by atoms with Crippen molar-refractivity contribution < 1.29 is 29.0 Å². The van der Waals surface area contributed by atoms with Gasteiger partial charge in [-0.3, -0.25) is 19.4 Å². The zero-order valence-corrected chi connectivity index (χ0v) is 22.4. The van der Waals surface area contributed by atoms with Gasteiger partial charge in [0.15, 0.2) is 0 Å². The summed E-state index contributed by atoms with van der Waals surface area (Å²) in [6.07, 6.45) is 5.35. The van der Waals surface area contributed by atoms with E-state index in [2.05, 4.69) is 0 Å². The first kappa shape index (κ1) is 27.0. The third-order valence-electron chi connectivity index (χ3n) is 7.21. The van der Waals surface area contributed by atoms with Crippen LogP contribution >= 0.6 is 0 Å². The van der Waals surface area contributed by atoms with E-state index in [1.54, 1.807) is 37.3 Å². The molecule has 1 fully saturated rings. The molecule has 0 spiro atoms. The van der Waals surface area contributed by atoms with E-state index in [-0.39, 0.29) is 11.6 Å². The van der Waals surface area contributed by atoms with E-state index in [4.69, 9.17) is 9.47 Å². The maximum atomic E-state index is 14.1. The minimum atomic E-state index is -1.08. The summed E-state index contributed by atoms with van der Waals surface area (Å²) in [5, 5.41) is 10.2. The summed E-state index contributed by atoms with van der Waals surface area (Å²) in [4.78, 5) is 42.1. The summed E-state index contributed by atoms with van der Waals surface area (Å²) in [5.74, 6) is -0.447. The molecule has 0 bridgehead atoms. The number of carbonyl (C=O) groups is 3. The number of methoxy groups -OCH3 is 2. The van der Waals surface area contributed by atoms with E-state index in [1.807, 2.05) is 31.2 Å². The number of fused-ring (bicyclic) bond motifs is 1. The van der Waals surface area contributed by atoms with Gasteiger partial charge in [-0.25, -0.2) is 4.79 Å². The summed E-state index contributed by atoms with van der Waals surface area (Å²) >= 11 is 0. The van der Waals surface area contributed by atoms with Gasteiger partial charge >= 0.3 is 12.0 Å². The van der Waals surface area contributed by atoms with Crippen LogP contribution in [0.5, 0.6) is 11.5 Å². The van der Waals surface area contributed by atoms with Gasteiger partial charge in [0.05, 0.1) is 14.2 Å². The Balaban J connectivity index is 1.76. The van der Waals surface area contributed by atoms with Crippen molar-refractivity contribution in [3.8, 4) is 11.5 Å². The van der Waals surface area contributed by atoms with Crippen LogP contribution in [0.1, 0.15) is 48.2 Å². The summed E-state index contributed by atoms with van der Waals surface area (Å²) in [5.41, 5.74) is 2.13. The van der Waals surface area contributed by atoms with Crippen molar-refractivity contribution >= 4 is 34.5 Å². The number of aryl methyl sites for hydroxylation is 1. The molecule has 38 heavy (non-hydrogen) atoms. The Morgan fingerprint density at radius 3 is 2.24 bits per heavy atom. The number of imide groups is 1. The molecule has 1 N–H and O–H groups in total. The number of carbonyl (C=O) groups excluding carboxylic acids is 2. The molecule has 0 saturated heterocycles. The average molecular weight is 522 g/mol. The lowest BCUT2D eigenvalue weighted by Crippen LogP contribution is -2.47. The van der Waals surface area contributed by atoms with Crippen molar-refractivity contribution in [3.05, 3.63) is 53.7 Å². The van der Waals surface area contributed by atoms with Crippen LogP contribution in [0.15, 0.2) is 42.5 Å². The molecule has 1 heterocycles. The molecule has 0 atom stereocenters. The standard InChI is InChI=1S/C29H35N3O6/c1-19-14-24(37-3)27(25(15-19)38-4)32(17-20-10-6-5-7-11-20)29(36)30(2)28(35)23-16-21-12-8-9-13-22(21)31(23)18-26(33)34/h8-9,12-16,20H,5-7,10-11,17-18H2,1-4H3,(H,33,34). The highest BCUT2D eigenvalue weighted by molar-refractivity contribution is 6.10. The number of aromatic nitrogens is 1.